The molecule has 0 atom stereocenters. The van der Waals surface area contributed by atoms with Crippen LogP contribution < -0.4 is 15.5 Å². The lowest BCUT2D eigenvalue weighted by Gasteiger charge is -2.29. The standard InChI is InChI=1S/C18H22N4O/c1-13-3-4-15(11-14(13)2)18(23)21-17-6-5-16(12-20-17)22-9-7-19-8-10-22/h3-6,11-12,19H,7-10H2,1-2H3,(H,20,21,23). The maximum Gasteiger partial charge on any atom is 0.256 e. The van der Waals surface area contributed by atoms with Gasteiger partial charge in [-0.3, -0.25) is 4.79 Å². The van der Waals surface area contributed by atoms with Crippen molar-refractivity contribution >= 4 is 17.4 Å². The zero-order chi connectivity index (χ0) is 16.2. The van der Waals surface area contributed by atoms with Gasteiger partial charge in [-0.15, -0.1) is 0 Å². The number of nitrogens with one attached hydrogen (secondary N) is 2. The summed E-state index contributed by atoms with van der Waals surface area (Å²) in [4.78, 5) is 18.9. The maximum atomic E-state index is 12.3. The molecule has 1 amide bonds. The molecular weight excluding hydrogens is 288 g/mol. The summed E-state index contributed by atoms with van der Waals surface area (Å²) in [5.74, 6) is 0.447. The van der Waals surface area contributed by atoms with E-state index in [0.717, 1.165) is 37.4 Å². The molecule has 1 aromatic carbocycles. The number of hydrogen-bond acceptors (Lipinski definition) is 4. The van der Waals surface area contributed by atoms with Crippen molar-refractivity contribution < 1.29 is 4.79 Å². The van der Waals surface area contributed by atoms with Crippen molar-refractivity contribution in [1.82, 2.24) is 10.3 Å². The SMILES string of the molecule is Cc1ccc(C(=O)Nc2ccc(N3CCNCC3)cn2)cc1C. The molecule has 0 bridgehead atoms. The second-order valence-electron chi connectivity index (χ2n) is 5.89. The average molecular weight is 310 g/mol. The lowest BCUT2D eigenvalue weighted by Crippen LogP contribution is -2.43. The van der Waals surface area contributed by atoms with Crippen LogP contribution in [0, 0.1) is 13.8 Å². The summed E-state index contributed by atoms with van der Waals surface area (Å²) < 4.78 is 0. The van der Waals surface area contributed by atoms with Crippen LogP contribution in [0.2, 0.25) is 0 Å². The Balaban J connectivity index is 1.67. The third-order valence-corrected chi connectivity index (χ3v) is 4.24. The fourth-order valence-corrected chi connectivity index (χ4v) is 2.64. The summed E-state index contributed by atoms with van der Waals surface area (Å²) in [5, 5.41) is 6.18. The van der Waals surface area contributed by atoms with Gasteiger partial charge in [0.05, 0.1) is 11.9 Å². The van der Waals surface area contributed by atoms with Crippen molar-refractivity contribution in [3.63, 3.8) is 0 Å². The van der Waals surface area contributed by atoms with Crippen LogP contribution >= 0.6 is 0 Å². The summed E-state index contributed by atoms with van der Waals surface area (Å²) in [6.07, 6.45) is 1.82. The van der Waals surface area contributed by atoms with Crippen LogP contribution in [-0.2, 0) is 0 Å². The molecule has 0 unspecified atom stereocenters. The van der Waals surface area contributed by atoms with Gasteiger partial charge in [0.1, 0.15) is 5.82 Å². The minimum Gasteiger partial charge on any atom is -0.368 e. The van der Waals surface area contributed by atoms with Crippen LogP contribution in [0.1, 0.15) is 21.5 Å². The van der Waals surface area contributed by atoms with E-state index in [4.69, 9.17) is 0 Å². The Kier molecular flexibility index (Phi) is 4.57. The molecule has 5 nitrogen and oxygen atoms in total. The minimum absolute atomic E-state index is 0.129. The van der Waals surface area contributed by atoms with E-state index in [1.54, 1.807) is 0 Å². The Morgan fingerprint density at radius 3 is 2.57 bits per heavy atom. The molecule has 1 aliphatic rings. The molecule has 0 radical (unpaired) electrons. The number of piperazine rings is 1. The van der Waals surface area contributed by atoms with Gasteiger partial charge in [-0.25, -0.2) is 4.98 Å². The van der Waals surface area contributed by atoms with Gasteiger partial charge in [0, 0.05) is 31.7 Å². The topological polar surface area (TPSA) is 57.3 Å². The lowest BCUT2D eigenvalue weighted by molar-refractivity contribution is 0.102. The molecule has 2 N–H and O–H groups in total. The highest BCUT2D eigenvalue weighted by Crippen LogP contribution is 2.17. The van der Waals surface area contributed by atoms with Gasteiger partial charge >= 0.3 is 0 Å². The van der Waals surface area contributed by atoms with Gasteiger partial charge in [0.15, 0.2) is 0 Å². The van der Waals surface area contributed by atoms with Crippen LogP contribution in [0.15, 0.2) is 36.5 Å². The first-order valence-corrected chi connectivity index (χ1v) is 7.94. The molecule has 2 heterocycles. The summed E-state index contributed by atoms with van der Waals surface area (Å²) in [7, 11) is 0. The number of amides is 1. The number of pyridine rings is 1. The molecule has 0 aliphatic carbocycles. The van der Waals surface area contributed by atoms with Gasteiger partial charge < -0.3 is 15.5 Å². The molecule has 1 aromatic heterocycles. The number of hydrogen-bond donors (Lipinski definition) is 2. The number of nitrogens with zero attached hydrogens (tertiary/aromatic N) is 2. The third kappa shape index (κ3) is 3.68. The van der Waals surface area contributed by atoms with Crippen molar-refractivity contribution in [2.45, 2.75) is 13.8 Å². The van der Waals surface area contributed by atoms with E-state index in [2.05, 4.69) is 20.5 Å². The molecule has 23 heavy (non-hydrogen) atoms. The van der Waals surface area contributed by atoms with Crippen LogP contribution in [0.25, 0.3) is 0 Å². The van der Waals surface area contributed by atoms with Gasteiger partial charge in [0.2, 0.25) is 0 Å². The molecule has 5 heteroatoms. The first-order valence-electron chi connectivity index (χ1n) is 7.94. The fourth-order valence-electron chi connectivity index (χ4n) is 2.64. The van der Waals surface area contributed by atoms with Gasteiger partial charge in [-0.2, -0.15) is 0 Å². The van der Waals surface area contributed by atoms with Crippen molar-refractivity contribution in [3.8, 4) is 0 Å². The van der Waals surface area contributed by atoms with Crippen LogP contribution in [-0.4, -0.2) is 37.1 Å². The van der Waals surface area contributed by atoms with Gasteiger partial charge in [-0.05, 0) is 49.2 Å². The minimum atomic E-state index is -0.129. The van der Waals surface area contributed by atoms with Gasteiger partial charge in [-0.1, -0.05) is 6.07 Å². The summed E-state index contributed by atoms with van der Waals surface area (Å²) in [6, 6.07) is 9.57. The molecule has 0 saturated carbocycles. The number of anilines is 2. The Labute approximate surface area is 136 Å². The first-order chi connectivity index (χ1) is 11.1. The Morgan fingerprint density at radius 1 is 1.13 bits per heavy atom. The third-order valence-electron chi connectivity index (χ3n) is 4.24. The summed E-state index contributed by atoms with van der Waals surface area (Å²) in [5.41, 5.74) is 4.04. The summed E-state index contributed by atoms with van der Waals surface area (Å²) >= 11 is 0. The predicted octanol–water partition coefficient (Wildman–Crippen LogP) is 2.36. The van der Waals surface area contributed by atoms with E-state index >= 15 is 0 Å². The Bertz CT molecular complexity index is 691. The fraction of sp³-hybridized carbons (Fsp3) is 0.333. The van der Waals surface area contributed by atoms with E-state index in [0.29, 0.717) is 11.4 Å². The average Bonchev–Trinajstić information content (AvgIpc) is 2.59. The van der Waals surface area contributed by atoms with E-state index < -0.39 is 0 Å². The second kappa shape index (κ2) is 6.79. The molecule has 0 spiro atoms. The van der Waals surface area contributed by atoms with E-state index in [-0.39, 0.29) is 5.91 Å². The molecule has 120 valence electrons. The predicted molar refractivity (Wildman–Crippen MR) is 93.2 cm³/mol. The van der Waals surface area contributed by atoms with E-state index in [1.165, 1.54) is 5.56 Å². The largest absolute Gasteiger partial charge is 0.368 e. The molecule has 1 aliphatic heterocycles. The maximum absolute atomic E-state index is 12.3. The Hall–Kier alpha value is -2.40. The summed E-state index contributed by atoms with van der Waals surface area (Å²) in [6.45, 7) is 7.99. The number of aryl methyl sites for hydroxylation is 2. The zero-order valence-corrected chi connectivity index (χ0v) is 13.6. The molecular formula is C18H22N4O. The van der Waals surface area contributed by atoms with Crippen LogP contribution in [0.5, 0.6) is 0 Å². The number of carbonyl (C=O) groups excluding carboxylic acids is 1. The number of benzene rings is 1. The highest BCUT2D eigenvalue weighted by atomic mass is 16.1. The van der Waals surface area contributed by atoms with Gasteiger partial charge in [0.25, 0.3) is 5.91 Å². The van der Waals surface area contributed by atoms with Crippen LogP contribution in [0.4, 0.5) is 11.5 Å². The highest BCUT2D eigenvalue weighted by molar-refractivity contribution is 6.03. The van der Waals surface area contributed by atoms with E-state index in [9.17, 15) is 4.79 Å². The molecule has 1 saturated heterocycles. The Morgan fingerprint density at radius 2 is 1.91 bits per heavy atom. The quantitative estimate of drug-likeness (QED) is 0.914. The molecule has 1 fully saturated rings. The van der Waals surface area contributed by atoms with E-state index in [1.807, 2.05) is 50.4 Å². The molecule has 3 rings (SSSR count). The number of carbonyl (C=O) groups is 1. The van der Waals surface area contributed by atoms with Crippen molar-refractivity contribution in [2.24, 2.45) is 0 Å². The highest BCUT2D eigenvalue weighted by Gasteiger charge is 2.12. The van der Waals surface area contributed by atoms with Crippen molar-refractivity contribution in [2.75, 3.05) is 36.4 Å². The number of rotatable bonds is 3. The van der Waals surface area contributed by atoms with Crippen molar-refractivity contribution in [1.29, 1.82) is 0 Å². The zero-order valence-electron chi connectivity index (χ0n) is 13.6. The lowest BCUT2D eigenvalue weighted by atomic mass is 10.1. The second-order valence-corrected chi connectivity index (χ2v) is 5.89. The van der Waals surface area contributed by atoms with Crippen molar-refractivity contribution in [3.05, 3.63) is 53.2 Å². The van der Waals surface area contributed by atoms with Crippen LogP contribution in [0.3, 0.4) is 0 Å². The monoisotopic (exact) mass is 310 g/mol. The number of aromatic nitrogens is 1. The first kappa shape index (κ1) is 15.5. The normalized spacial score (nSPS) is 14.6. The molecule has 2 aromatic rings. The smallest absolute Gasteiger partial charge is 0.256 e.